The molecule has 1 aliphatic heterocycles. The number of sulfone groups is 1. The van der Waals surface area contributed by atoms with Gasteiger partial charge < -0.3 is 20.1 Å². The zero-order valence-corrected chi connectivity index (χ0v) is 25.2. The molecule has 0 bridgehead atoms. The number of halogens is 3. The van der Waals surface area contributed by atoms with Gasteiger partial charge in [0.15, 0.2) is 15.5 Å². The van der Waals surface area contributed by atoms with Crippen molar-refractivity contribution in [3.8, 4) is 22.6 Å². The zero-order valence-electron chi connectivity index (χ0n) is 24.4. The minimum absolute atomic E-state index is 0.0791. The van der Waals surface area contributed by atoms with E-state index in [4.69, 9.17) is 4.74 Å². The fourth-order valence-electron chi connectivity index (χ4n) is 5.20. The van der Waals surface area contributed by atoms with Gasteiger partial charge in [-0.1, -0.05) is 30.3 Å². The second kappa shape index (κ2) is 12.0. The molecular formula is C31H29F3N4O6S. The highest BCUT2D eigenvalue weighted by Gasteiger charge is 2.43. The van der Waals surface area contributed by atoms with Gasteiger partial charge >= 0.3 is 6.18 Å². The smallest absolute Gasteiger partial charge is 0.435 e. The maximum absolute atomic E-state index is 14.2. The molecule has 2 amide bonds. The summed E-state index contributed by atoms with van der Waals surface area (Å²) in [5, 5.41) is 16.0. The normalized spacial score (nSPS) is 14.2. The summed E-state index contributed by atoms with van der Waals surface area (Å²) in [7, 11) is -2.17. The van der Waals surface area contributed by atoms with E-state index < -0.39 is 39.6 Å². The van der Waals surface area contributed by atoms with Gasteiger partial charge in [-0.3, -0.25) is 9.59 Å². The van der Waals surface area contributed by atoms with Gasteiger partial charge in [0, 0.05) is 36.2 Å². The highest BCUT2D eigenvalue weighted by Crippen LogP contribution is 2.38. The number of alkyl halides is 3. The van der Waals surface area contributed by atoms with Gasteiger partial charge in [-0.15, -0.1) is 0 Å². The van der Waals surface area contributed by atoms with Crippen molar-refractivity contribution in [2.45, 2.75) is 30.5 Å². The highest BCUT2D eigenvalue weighted by molar-refractivity contribution is 7.90. The van der Waals surface area contributed by atoms with Gasteiger partial charge in [0.1, 0.15) is 11.4 Å². The Kier molecular flexibility index (Phi) is 8.47. The molecule has 236 valence electrons. The molecule has 1 aromatic heterocycles. The monoisotopic (exact) mass is 642 g/mol. The molecule has 14 heteroatoms. The predicted octanol–water partition coefficient (Wildman–Crippen LogP) is 4.28. The third-order valence-corrected chi connectivity index (χ3v) is 8.45. The van der Waals surface area contributed by atoms with Crippen LogP contribution >= 0.6 is 0 Å². The summed E-state index contributed by atoms with van der Waals surface area (Å²) in [5.74, 6) is -1.24. The lowest BCUT2D eigenvalue weighted by molar-refractivity contribution is -0.141. The van der Waals surface area contributed by atoms with Crippen LogP contribution in [0.3, 0.4) is 0 Å². The number of carbonyl (C=O) groups is 2. The van der Waals surface area contributed by atoms with Crippen molar-refractivity contribution in [1.82, 2.24) is 15.1 Å². The van der Waals surface area contributed by atoms with Crippen LogP contribution in [0.25, 0.3) is 16.8 Å². The van der Waals surface area contributed by atoms with Crippen molar-refractivity contribution in [3.05, 3.63) is 89.2 Å². The van der Waals surface area contributed by atoms with Crippen molar-refractivity contribution in [2.75, 3.05) is 31.4 Å². The van der Waals surface area contributed by atoms with E-state index in [2.05, 4.69) is 10.4 Å². The van der Waals surface area contributed by atoms with E-state index in [1.54, 1.807) is 42.5 Å². The number of benzene rings is 3. The fourth-order valence-corrected chi connectivity index (χ4v) is 6.11. The first-order valence-corrected chi connectivity index (χ1v) is 15.6. The Balaban J connectivity index is 1.59. The van der Waals surface area contributed by atoms with Gasteiger partial charge in [-0.05, 0) is 55.3 Å². The SMILES string of the molecule is COc1ccc(-n2nc(C(F)(F)F)c3c2C(=O)N(c2ccc(-c4ccccc4S(C)(=O)=O)cc2)CC3)c(C(=O)NCC(C)O)c1. The van der Waals surface area contributed by atoms with Crippen LogP contribution in [0.5, 0.6) is 5.75 Å². The molecule has 1 atom stereocenters. The maximum Gasteiger partial charge on any atom is 0.435 e. The minimum Gasteiger partial charge on any atom is -0.497 e. The summed E-state index contributed by atoms with van der Waals surface area (Å²) in [4.78, 5) is 28.5. The molecule has 0 saturated carbocycles. The number of nitrogens with one attached hydrogen (secondary N) is 1. The van der Waals surface area contributed by atoms with Crippen molar-refractivity contribution in [3.63, 3.8) is 0 Å². The minimum atomic E-state index is -4.88. The second-order valence-corrected chi connectivity index (χ2v) is 12.5. The predicted molar refractivity (Wildman–Crippen MR) is 160 cm³/mol. The fraction of sp³-hybridized carbons (Fsp3) is 0.258. The Morgan fingerprint density at radius 1 is 1.11 bits per heavy atom. The molecule has 0 radical (unpaired) electrons. The number of aliphatic hydroxyl groups excluding tert-OH is 1. The first-order chi connectivity index (χ1) is 21.2. The first kappa shape index (κ1) is 31.7. The van der Waals surface area contributed by atoms with E-state index in [0.29, 0.717) is 16.8 Å². The Hall–Kier alpha value is -4.69. The van der Waals surface area contributed by atoms with Crippen LogP contribution in [0.4, 0.5) is 18.9 Å². The van der Waals surface area contributed by atoms with E-state index >= 15 is 0 Å². The van der Waals surface area contributed by atoms with Crippen molar-refractivity contribution < 1.29 is 41.0 Å². The van der Waals surface area contributed by atoms with Crippen LogP contribution in [0.1, 0.15) is 39.0 Å². The van der Waals surface area contributed by atoms with Crippen LogP contribution in [0, 0.1) is 0 Å². The zero-order chi connectivity index (χ0) is 32.7. The third-order valence-electron chi connectivity index (χ3n) is 7.30. The summed E-state index contributed by atoms with van der Waals surface area (Å²) in [6.45, 7) is 1.25. The average molecular weight is 643 g/mol. The number of fused-ring (bicyclic) bond motifs is 1. The molecule has 2 heterocycles. The number of ether oxygens (including phenoxy) is 1. The highest BCUT2D eigenvalue weighted by atomic mass is 32.2. The van der Waals surface area contributed by atoms with E-state index in [1.807, 2.05) is 0 Å². The summed E-state index contributed by atoms with van der Waals surface area (Å²) in [6, 6.07) is 17.0. The van der Waals surface area contributed by atoms with E-state index in [9.17, 15) is 36.3 Å². The van der Waals surface area contributed by atoms with Gasteiger partial charge in [0.05, 0.1) is 29.4 Å². The number of nitrogens with zero attached hydrogens (tertiary/aromatic N) is 3. The van der Waals surface area contributed by atoms with Crippen LogP contribution < -0.4 is 15.0 Å². The Morgan fingerprint density at radius 2 is 1.80 bits per heavy atom. The Morgan fingerprint density at radius 3 is 2.42 bits per heavy atom. The molecule has 10 nitrogen and oxygen atoms in total. The number of anilines is 1. The molecule has 0 aliphatic carbocycles. The molecule has 1 aliphatic rings. The number of hydrogen-bond acceptors (Lipinski definition) is 7. The topological polar surface area (TPSA) is 131 Å². The standard InChI is InChI=1S/C31H29F3N4O6S/c1-18(39)17-35-29(40)24-16-21(44-2)12-13-25(24)38-27-23(28(36-38)31(32,33)34)14-15-37(30(27)41)20-10-8-19(9-11-20)22-6-4-5-7-26(22)45(3,42)43/h4-13,16,18,39H,14-15,17H2,1-3H3,(H,35,40). The molecule has 1 unspecified atom stereocenters. The number of hydrogen-bond donors (Lipinski definition) is 2. The number of aromatic nitrogens is 2. The lowest BCUT2D eigenvalue weighted by Gasteiger charge is -2.28. The quantitative estimate of drug-likeness (QED) is 0.293. The second-order valence-electron chi connectivity index (χ2n) is 10.5. The summed E-state index contributed by atoms with van der Waals surface area (Å²) in [5.41, 5.74) is -0.681. The van der Waals surface area contributed by atoms with Crippen LogP contribution in [-0.2, 0) is 22.4 Å². The average Bonchev–Trinajstić information content (AvgIpc) is 3.40. The van der Waals surface area contributed by atoms with Crippen LogP contribution in [0.2, 0.25) is 0 Å². The number of rotatable bonds is 8. The molecule has 3 aromatic carbocycles. The maximum atomic E-state index is 14.2. The molecule has 45 heavy (non-hydrogen) atoms. The number of methoxy groups -OCH3 is 1. The lowest BCUT2D eigenvalue weighted by atomic mass is 10.0. The third kappa shape index (κ3) is 6.28. The molecular weight excluding hydrogens is 613 g/mol. The van der Waals surface area contributed by atoms with Crippen molar-refractivity contribution in [2.24, 2.45) is 0 Å². The van der Waals surface area contributed by atoms with E-state index in [1.165, 1.54) is 43.2 Å². The molecule has 4 aromatic rings. The van der Waals surface area contributed by atoms with Gasteiger partial charge in [0.25, 0.3) is 11.8 Å². The van der Waals surface area contributed by atoms with E-state index in [-0.39, 0.29) is 52.7 Å². The van der Waals surface area contributed by atoms with Gasteiger partial charge in [0.2, 0.25) is 0 Å². The van der Waals surface area contributed by atoms with Crippen molar-refractivity contribution >= 4 is 27.3 Å². The van der Waals surface area contributed by atoms with Crippen LogP contribution in [0.15, 0.2) is 71.6 Å². The Bertz CT molecular complexity index is 1890. The molecule has 2 N–H and O–H groups in total. The molecule has 5 rings (SSSR count). The lowest BCUT2D eigenvalue weighted by Crippen LogP contribution is -2.39. The first-order valence-electron chi connectivity index (χ1n) is 13.8. The number of carbonyl (C=O) groups excluding carboxylic acids is 2. The Labute approximate surface area is 257 Å². The van der Waals surface area contributed by atoms with Gasteiger partial charge in [-0.25, -0.2) is 13.1 Å². The summed E-state index contributed by atoms with van der Waals surface area (Å²) >= 11 is 0. The van der Waals surface area contributed by atoms with Crippen LogP contribution in [-0.4, -0.2) is 67.7 Å². The summed E-state index contributed by atoms with van der Waals surface area (Å²) in [6.07, 6.45) is -4.84. The molecule has 0 spiro atoms. The number of amides is 2. The summed E-state index contributed by atoms with van der Waals surface area (Å²) < 4.78 is 73.2. The van der Waals surface area contributed by atoms with Gasteiger partial charge in [-0.2, -0.15) is 18.3 Å². The van der Waals surface area contributed by atoms with Crippen molar-refractivity contribution in [1.29, 1.82) is 0 Å². The van der Waals surface area contributed by atoms with E-state index in [0.717, 1.165) is 10.9 Å². The molecule has 0 fully saturated rings. The number of aliphatic hydroxyl groups is 1. The molecule has 0 saturated heterocycles. The largest absolute Gasteiger partial charge is 0.497 e.